The molecule has 33 heavy (non-hydrogen) atoms. The highest BCUT2D eigenvalue weighted by atomic mass is 35.5. The van der Waals surface area contributed by atoms with Gasteiger partial charge >= 0.3 is 5.97 Å². The second-order valence-electron chi connectivity index (χ2n) is 7.36. The number of halogens is 3. The summed E-state index contributed by atoms with van der Waals surface area (Å²) in [6.45, 7) is 4.37. The van der Waals surface area contributed by atoms with E-state index in [4.69, 9.17) is 25.8 Å². The molecular formula is C23H24ClF2N3O4. The Balaban J connectivity index is 2.04. The maximum Gasteiger partial charge on any atom is 0.338 e. The van der Waals surface area contributed by atoms with Gasteiger partial charge in [0.15, 0.2) is 11.7 Å². The van der Waals surface area contributed by atoms with Crippen molar-refractivity contribution in [1.29, 1.82) is 0 Å². The Bertz CT molecular complexity index is 1080. The molecule has 1 N–H and O–H groups in total. The fourth-order valence-corrected chi connectivity index (χ4v) is 3.48. The van der Waals surface area contributed by atoms with E-state index in [-0.39, 0.29) is 41.4 Å². The largest absolute Gasteiger partial charge is 0.466 e. The van der Waals surface area contributed by atoms with Crippen LogP contribution >= 0.6 is 11.6 Å². The fourth-order valence-electron chi connectivity index (χ4n) is 3.21. The van der Waals surface area contributed by atoms with Crippen molar-refractivity contribution in [3.05, 3.63) is 75.7 Å². The summed E-state index contributed by atoms with van der Waals surface area (Å²) >= 11 is 6.28. The van der Waals surface area contributed by atoms with Crippen molar-refractivity contribution in [3.63, 3.8) is 0 Å². The molecule has 176 valence electrons. The van der Waals surface area contributed by atoms with Crippen LogP contribution in [-0.4, -0.2) is 49.8 Å². The Morgan fingerprint density at radius 2 is 2.03 bits per heavy atom. The summed E-state index contributed by atoms with van der Waals surface area (Å²) in [5.74, 6) is -1.77. The third kappa shape index (κ3) is 6.13. The quantitative estimate of drug-likeness (QED) is 0.433. The maximum absolute atomic E-state index is 14.5. The number of nitrogens with zero attached hydrogens (tertiary/aromatic N) is 2. The number of amidine groups is 1. The second kappa shape index (κ2) is 11.3. The summed E-state index contributed by atoms with van der Waals surface area (Å²) in [6, 6.07) is 5.42. The molecule has 1 aliphatic heterocycles. The normalized spacial score (nSPS) is 16.0. The first-order valence-corrected chi connectivity index (χ1v) is 10.6. The molecule has 1 aliphatic rings. The van der Waals surface area contributed by atoms with Crippen molar-refractivity contribution in [1.82, 2.24) is 10.3 Å². The molecule has 0 radical (unpaired) electrons. The lowest BCUT2D eigenvalue weighted by atomic mass is 9.95. The molecule has 0 saturated heterocycles. The number of aromatic nitrogens is 1. The molecule has 0 spiro atoms. The van der Waals surface area contributed by atoms with Gasteiger partial charge in [-0.2, -0.15) is 0 Å². The van der Waals surface area contributed by atoms with Gasteiger partial charge in [-0.25, -0.2) is 18.6 Å². The van der Waals surface area contributed by atoms with E-state index < -0.39 is 23.6 Å². The van der Waals surface area contributed by atoms with Gasteiger partial charge in [0.2, 0.25) is 0 Å². The third-order valence-electron chi connectivity index (χ3n) is 4.70. The molecule has 1 aromatic carbocycles. The number of pyridine rings is 1. The number of aliphatic imine (C=N–C) groups is 1. The highest BCUT2D eigenvalue weighted by Crippen LogP contribution is 2.36. The smallest absolute Gasteiger partial charge is 0.338 e. The summed E-state index contributed by atoms with van der Waals surface area (Å²) in [5, 5.41) is 3.00. The summed E-state index contributed by atoms with van der Waals surface area (Å²) in [6.07, 6.45) is 1.46. The lowest BCUT2D eigenvalue weighted by Crippen LogP contribution is -2.36. The van der Waals surface area contributed by atoms with Gasteiger partial charge in [-0.1, -0.05) is 17.7 Å². The number of carbonyl (C=O) groups excluding carboxylic acids is 1. The Labute approximate surface area is 195 Å². The van der Waals surface area contributed by atoms with Crippen molar-refractivity contribution in [3.8, 4) is 0 Å². The van der Waals surface area contributed by atoms with Crippen molar-refractivity contribution >= 4 is 23.4 Å². The number of carbonyl (C=O) groups is 1. The maximum atomic E-state index is 14.5. The van der Waals surface area contributed by atoms with Crippen LogP contribution < -0.4 is 5.32 Å². The second-order valence-corrected chi connectivity index (χ2v) is 7.77. The molecule has 7 nitrogen and oxygen atoms in total. The van der Waals surface area contributed by atoms with Crippen LogP contribution in [-0.2, 0) is 19.0 Å². The first-order valence-electron chi connectivity index (χ1n) is 10.2. The van der Waals surface area contributed by atoms with Crippen LogP contribution in [0.25, 0.3) is 0 Å². The molecule has 10 heteroatoms. The number of nitrogens with one attached hydrogen (secondary N) is 1. The van der Waals surface area contributed by atoms with Crippen LogP contribution in [0.2, 0.25) is 5.02 Å². The first-order chi connectivity index (χ1) is 15.8. The average molecular weight is 480 g/mol. The zero-order valence-corrected chi connectivity index (χ0v) is 19.2. The minimum atomic E-state index is -1.01. The van der Waals surface area contributed by atoms with Gasteiger partial charge in [-0.05, 0) is 38.1 Å². The van der Waals surface area contributed by atoms with E-state index in [9.17, 15) is 13.6 Å². The van der Waals surface area contributed by atoms with Crippen LogP contribution in [0.4, 0.5) is 8.78 Å². The van der Waals surface area contributed by atoms with Gasteiger partial charge in [0.1, 0.15) is 17.6 Å². The molecule has 0 saturated carbocycles. The summed E-state index contributed by atoms with van der Waals surface area (Å²) < 4.78 is 44.3. The number of benzene rings is 1. The van der Waals surface area contributed by atoms with Crippen LogP contribution in [0, 0.1) is 11.6 Å². The molecule has 1 atom stereocenters. The summed E-state index contributed by atoms with van der Waals surface area (Å²) in [5.41, 5.74) is 0.697. The van der Waals surface area contributed by atoms with Crippen molar-refractivity contribution < 1.29 is 27.8 Å². The number of esters is 1. The number of ether oxygens (including phenoxy) is 3. The van der Waals surface area contributed by atoms with Crippen molar-refractivity contribution in [2.75, 3.05) is 26.9 Å². The monoisotopic (exact) mass is 479 g/mol. The molecule has 0 bridgehead atoms. The molecule has 1 aromatic heterocycles. The van der Waals surface area contributed by atoms with Crippen molar-refractivity contribution in [2.45, 2.75) is 26.0 Å². The predicted molar refractivity (Wildman–Crippen MR) is 119 cm³/mol. The Morgan fingerprint density at radius 1 is 1.24 bits per heavy atom. The minimum Gasteiger partial charge on any atom is -0.466 e. The fraction of sp³-hybridized carbons (Fsp3) is 0.348. The van der Waals surface area contributed by atoms with Gasteiger partial charge in [0.25, 0.3) is 0 Å². The first kappa shape index (κ1) is 24.8. The molecule has 0 amide bonds. The van der Waals surface area contributed by atoms with Gasteiger partial charge < -0.3 is 19.5 Å². The van der Waals surface area contributed by atoms with E-state index in [2.05, 4.69) is 15.3 Å². The molecular weight excluding hydrogens is 456 g/mol. The number of methoxy groups -OCH3 is 1. The lowest BCUT2D eigenvalue weighted by molar-refractivity contribution is -0.136. The van der Waals surface area contributed by atoms with Gasteiger partial charge in [-0.15, -0.1) is 0 Å². The molecule has 0 aliphatic carbocycles. The Hall–Kier alpha value is -2.88. The topological polar surface area (TPSA) is 82.0 Å². The Kier molecular flexibility index (Phi) is 8.49. The zero-order chi connectivity index (χ0) is 24.0. The average Bonchev–Trinajstić information content (AvgIpc) is 2.78. The lowest BCUT2D eigenvalue weighted by Gasteiger charge is -2.27. The molecule has 0 fully saturated rings. The van der Waals surface area contributed by atoms with E-state index in [1.165, 1.54) is 37.6 Å². The molecule has 3 rings (SSSR count). The van der Waals surface area contributed by atoms with Crippen LogP contribution in [0.15, 0.2) is 52.8 Å². The van der Waals surface area contributed by atoms with Gasteiger partial charge in [0, 0.05) is 16.8 Å². The zero-order valence-electron chi connectivity index (χ0n) is 18.4. The summed E-state index contributed by atoms with van der Waals surface area (Å²) in [7, 11) is 1.23. The number of hydrogen-bond acceptors (Lipinski definition) is 7. The molecule has 2 heterocycles. The SMILES string of the molecule is COC(=O)C1=C(COCCOC(C)C)NC(c2ncccc2F)=NC1c1ccc(F)cc1Cl. The third-order valence-corrected chi connectivity index (χ3v) is 5.02. The highest BCUT2D eigenvalue weighted by molar-refractivity contribution is 6.31. The van der Waals surface area contributed by atoms with E-state index in [1.54, 1.807) is 0 Å². The molecule has 2 aromatic rings. The minimum absolute atomic E-state index is 0.0436. The highest BCUT2D eigenvalue weighted by Gasteiger charge is 2.34. The van der Waals surface area contributed by atoms with E-state index in [0.717, 1.165) is 6.07 Å². The Morgan fingerprint density at radius 3 is 2.70 bits per heavy atom. The van der Waals surface area contributed by atoms with Gasteiger partial charge in [-0.3, -0.25) is 4.99 Å². The number of hydrogen-bond donors (Lipinski definition) is 1. The number of rotatable bonds is 9. The van der Waals surface area contributed by atoms with Gasteiger partial charge in [0.05, 0.1) is 44.3 Å². The standard InChI is InChI=1S/C23H24ClF2N3O4/c1-13(2)33-10-9-32-12-18-19(23(30)31-3)20(15-7-6-14(25)11-16(15)24)29-22(28-18)21-17(26)5-4-8-27-21/h4-8,11,13,20H,9-10,12H2,1-3H3,(H,28,29). The van der Waals surface area contributed by atoms with Crippen LogP contribution in [0.5, 0.6) is 0 Å². The van der Waals surface area contributed by atoms with Crippen LogP contribution in [0.3, 0.4) is 0 Å². The summed E-state index contributed by atoms with van der Waals surface area (Å²) in [4.78, 5) is 21.3. The van der Waals surface area contributed by atoms with Crippen molar-refractivity contribution in [2.24, 2.45) is 4.99 Å². The van der Waals surface area contributed by atoms with E-state index in [0.29, 0.717) is 17.9 Å². The molecule has 1 unspecified atom stereocenters. The van der Waals surface area contributed by atoms with E-state index in [1.807, 2.05) is 13.8 Å². The predicted octanol–water partition coefficient (Wildman–Crippen LogP) is 3.97. The van der Waals surface area contributed by atoms with Crippen LogP contribution in [0.1, 0.15) is 31.1 Å². The van der Waals surface area contributed by atoms with E-state index >= 15 is 0 Å².